The Morgan fingerprint density at radius 1 is 1.24 bits per heavy atom. The summed E-state index contributed by atoms with van der Waals surface area (Å²) >= 11 is 3.49. The first-order valence-electron chi connectivity index (χ1n) is 6.77. The highest BCUT2D eigenvalue weighted by Crippen LogP contribution is 2.21. The van der Waals surface area contributed by atoms with Gasteiger partial charge in [-0.3, -0.25) is 0 Å². The summed E-state index contributed by atoms with van der Waals surface area (Å²) in [6.07, 6.45) is 0. The van der Waals surface area contributed by atoms with E-state index in [4.69, 9.17) is 10.00 Å². The Morgan fingerprint density at radius 2 is 2.05 bits per heavy atom. The molecule has 0 fully saturated rings. The lowest BCUT2D eigenvalue weighted by Gasteiger charge is -2.16. The van der Waals surface area contributed by atoms with Gasteiger partial charge >= 0.3 is 0 Å². The Labute approximate surface area is 133 Å². The number of para-hydroxylation sites is 1. The molecule has 2 rings (SSSR count). The van der Waals surface area contributed by atoms with Gasteiger partial charge in [-0.25, -0.2) is 0 Å². The van der Waals surface area contributed by atoms with Gasteiger partial charge in [0.2, 0.25) is 0 Å². The molecule has 108 valence electrons. The van der Waals surface area contributed by atoms with Gasteiger partial charge in [-0.15, -0.1) is 0 Å². The van der Waals surface area contributed by atoms with E-state index in [9.17, 15) is 0 Å². The van der Waals surface area contributed by atoms with E-state index in [2.05, 4.69) is 40.3 Å². The molecule has 3 nitrogen and oxygen atoms in total. The minimum absolute atomic E-state index is 0.0677. The smallest absolute Gasteiger partial charge is 0.174 e. The van der Waals surface area contributed by atoms with Crippen LogP contribution in [0.3, 0.4) is 0 Å². The number of halogens is 1. The number of rotatable bonds is 6. The molecule has 1 atom stereocenters. The monoisotopic (exact) mass is 344 g/mol. The van der Waals surface area contributed by atoms with Gasteiger partial charge in [-0.1, -0.05) is 46.3 Å². The second-order valence-electron chi connectivity index (χ2n) is 4.71. The SMILES string of the molecule is C[C@H](NCc1ccccc1OCC#N)c1cccc(Br)c1. The predicted molar refractivity (Wildman–Crippen MR) is 86.9 cm³/mol. The normalized spacial score (nSPS) is 11.7. The fourth-order valence-electron chi connectivity index (χ4n) is 2.06. The van der Waals surface area contributed by atoms with Crippen LogP contribution in [0.2, 0.25) is 0 Å². The average Bonchev–Trinajstić information content (AvgIpc) is 2.51. The zero-order chi connectivity index (χ0) is 15.1. The average molecular weight is 345 g/mol. The number of nitrogens with one attached hydrogen (secondary N) is 1. The van der Waals surface area contributed by atoms with Crippen LogP contribution < -0.4 is 10.1 Å². The minimum atomic E-state index is 0.0677. The van der Waals surface area contributed by atoms with Crippen LogP contribution in [0.15, 0.2) is 53.0 Å². The summed E-state index contributed by atoms with van der Waals surface area (Å²) in [7, 11) is 0. The quantitative estimate of drug-likeness (QED) is 0.853. The molecule has 0 aromatic heterocycles. The van der Waals surface area contributed by atoms with Crippen molar-refractivity contribution in [2.45, 2.75) is 19.5 Å². The molecule has 21 heavy (non-hydrogen) atoms. The number of ether oxygens (including phenoxy) is 1. The van der Waals surface area contributed by atoms with Crippen molar-refractivity contribution in [3.05, 3.63) is 64.1 Å². The molecule has 0 saturated carbocycles. The van der Waals surface area contributed by atoms with Crippen molar-refractivity contribution < 1.29 is 4.74 Å². The zero-order valence-electron chi connectivity index (χ0n) is 11.8. The maximum atomic E-state index is 8.62. The minimum Gasteiger partial charge on any atom is -0.478 e. The summed E-state index contributed by atoms with van der Waals surface area (Å²) in [5.41, 5.74) is 2.27. The molecule has 0 saturated heterocycles. The predicted octanol–water partition coefficient (Wildman–Crippen LogP) is 4.20. The summed E-state index contributed by atoms with van der Waals surface area (Å²) in [4.78, 5) is 0. The van der Waals surface area contributed by atoms with Crippen LogP contribution in [0.1, 0.15) is 24.1 Å². The number of hydrogen-bond acceptors (Lipinski definition) is 3. The van der Waals surface area contributed by atoms with Crippen molar-refractivity contribution in [1.82, 2.24) is 5.32 Å². The lowest BCUT2D eigenvalue weighted by Crippen LogP contribution is -2.18. The van der Waals surface area contributed by atoms with Crippen LogP contribution in [0.5, 0.6) is 5.75 Å². The molecule has 0 radical (unpaired) electrons. The summed E-state index contributed by atoms with van der Waals surface area (Å²) in [5, 5.41) is 12.1. The maximum Gasteiger partial charge on any atom is 0.174 e. The lowest BCUT2D eigenvalue weighted by molar-refractivity contribution is 0.361. The second-order valence-corrected chi connectivity index (χ2v) is 5.63. The molecule has 0 aliphatic carbocycles. The molecule has 0 amide bonds. The molecular weight excluding hydrogens is 328 g/mol. The van der Waals surface area contributed by atoms with Gasteiger partial charge in [0.1, 0.15) is 11.8 Å². The van der Waals surface area contributed by atoms with Gasteiger partial charge < -0.3 is 10.1 Å². The van der Waals surface area contributed by atoms with E-state index in [0.717, 1.165) is 15.8 Å². The highest BCUT2D eigenvalue weighted by atomic mass is 79.9. The van der Waals surface area contributed by atoms with E-state index in [0.29, 0.717) is 6.54 Å². The third-order valence-electron chi connectivity index (χ3n) is 3.21. The van der Waals surface area contributed by atoms with E-state index < -0.39 is 0 Å². The molecule has 0 bridgehead atoms. The van der Waals surface area contributed by atoms with E-state index >= 15 is 0 Å². The van der Waals surface area contributed by atoms with Gasteiger partial charge in [-0.2, -0.15) is 5.26 Å². The Kier molecular flexibility index (Phi) is 5.79. The van der Waals surface area contributed by atoms with Gasteiger partial charge in [0.05, 0.1) is 0 Å². The third-order valence-corrected chi connectivity index (χ3v) is 3.71. The Hall–Kier alpha value is -1.83. The Balaban J connectivity index is 2.01. The number of benzene rings is 2. The molecule has 4 heteroatoms. The van der Waals surface area contributed by atoms with Crippen molar-refractivity contribution in [3.8, 4) is 11.8 Å². The van der Waals surface area contributed by atoms with Gasteiger partial charge in [0, 0.05) is 22.6 Å². The second kappa shape index (κ2) is 7.82. The number of hydrogen-bond donors (Lipinski definition) is 1. The van der Waals surface area contributed by atoms with Crippen molar-refractivity contribution in [1.29, 1.82) is 5.26 Å². The third kappa shape index (κ3) is 4.59. The van der Waals surface area contributed by atoms with Crippen LogP contribution in [-0.4, -0.2) is 6.61 Å². The standard InChI is InChI=1S/C17H17BrN2O/c1-13(14-6-4-7-16(18)11-14)20-12-15-5-2-3-8-17(15)21-10-9-19/h2-8,11,13,20H,10,12H2,1H3/t13-/m0/s1. The molecular formula is C17H17BrN2O. The number of nitriles is 1. The number of nitrogens with zero attached hydrogens (tertiary/aromatic N) is 1. The molecule has 1 N–H and O–H groups in total. The molecule has 0 aliphatic heterocycles. The molecule has 0 spiro atoms. The van der Waals surface area contributed by atoms with Gasteiger partial charge in [0.15, 0.2) is 6.61 Å². The Morgan fingerprint density at radius 3 is 2.81 bits per heavy atom. The van der Waals surface area contributed by atoms with E-state index in [1.54, 1.807) is 0 Å². The summed E-state index contributed by atoms with van der Waals surface area (Å²) in [5.74, 6) is 0.757. The van der Waals surface area contributed by atoms with Crippen LogP contribution in [0.4, 0.5) is 0 Å². The molecule has 2 aromatic rings. The van der Waals surface area contributed by atoms with E-state index in [1.165, 1.54) is 5.56 Å². The van der Waals surface area contributed by atoms with Crippen LogP contribution in [-0.2, 0) is 6.54 Å². The van der Waals surface area contributed by atoms with Crippen molar-refractivity contribution in [2.75, 3.05) is 6.61 Å². The van der Waals surface area contributed by atoms with Crippen molar-refractivity contribution >= 4 is 15.9 Å². The van der Waals surface area contributed by atoms with Gasteiger partial charge in [0.25, 0.3) is 0 Å². The maximum absolute atomic E-state index is 8.62. The highest BCUT2D eigenvalue weighted by Gasteiger charge is 2.08. The van der Waals surface area contributed by atoms with Crippen LogP contribution >= 0.6 is 15.9 Å². The van der Waals surface area contributed by atoms with Crippen molar-refractivity contribution in [3.63, 3.8) is 0 Å². The largest absolute Gasteiger partial charge is 0.478 e. The first-order chi connectivity index (χ1) is 10.2. The fourth-order valence-corrected chi connectivity index (χ4v) is 2.47. The molecule has 0 aliphatic rings. The zero-order valence-corrected chi connectivity index (χ0v) is 13.4. The Bertz CT molecular complexity index is 637. The summed E-state index contributed by atoms with van der Waals surface area (Å²) < 4.78 is 6.51. The first-order valence-corrected chi connectivity index (χ1v) is 7.56. The molecule has 0 heterocycles. The lowest BCUT2D eigenvalue weighted by atomic mass is 10.1. The molecule has 2 aromatic carbocycles. The highest BCUT2D eigenvalue weighted by molar-refractivity contribution is 9.10. The molecule has 0 unspecified atom stereocenters. The fraction of sp³-hybridized carbons (Fsp3) is 0.235. The van der Waals surface area contributed by atoms with E-state index in [-0.39, 0.29) is 12.6 Å². The summed E-state index contributed by atoms with van der Waals surface area (Å²) in [6.45, 7) is 2.88. The van der Waals surface area contributed by atoms with Crippen LogP contribution in [0, 0.1) is 11.3 Å². The van der Waals surface area contributed by atoms with Crippen molar-refractivity contribution in [2.24, 2.45) is 0 Å². The van der Waals surface area contributed by atoms with E-state index in [1.807, 2.05) is 42.5 Å². The van der Waals surface area contributed by atoms with Crippen LogP contribution in [0.25, 0.3) is 0 Å². The summed E-state index contributed by atoms with van der Waals surface area (Å²) in [6, 6.07) is 18.2. The topological polar surface area (TPSA) is 45.0 Å². The van der Waals surface area contributed by atoms with Gasteiger partial charge in [-0.05, 0) is 30.7 Å². The first kappa shape index (κ1) is 15.6.